The van der Waals surface area contributed by atoms with Gasteiger partial charge in [-0.1, -0.05) is 25.3 Å². The van der Waals surface area contributed by atoms with Crippen LogP contribution < -0.4 is 5.73 Å². The van der Waals surface area contributed by atoms with Crippen LogP contribution in [0, 0.1) is 5.92 Å². The first-order chi connectivity index (χ1) is 9.88. The van der Waals surface area contributed by atoms with E-state index in [-0.39, 0.29) is 16.7 Å². The van der Waals surface area contributed by atoms with Crippen LogP contribution in [-0.2, 0) is 17.0 Å². The van der Waals surface area contributed by atoms with Crippen LogP contribution in [0.15, 0.2) is 29.2 Å². The molecule has 0 aromatic heterocycles. The van der Waals surface area contributed by atoms with Gasteiger partial charge in [0, 0.05) is 16.7 Å². The third-order valence-electron chi connectivity index (χ3n) is 4.02. The fourth-order valence-electron chi connectivity index (χ4n) is 2.78. The highest BCUT2D eigenvalue weighted by Crippen LogP contribution is 2.31. The van der Waals surface area contributed by atoms with E-state index >= 15 is 0 Å². The lowest BCUT2D eigenvalue weighted by molar-refractivity contribution is -0.137. The van der Waals surface area contributed by atoms with Crippen LogP contribution in [0.1, 0.15) is 37.7 Å². The van der Waals surface area contributed by atoms with Crippen molar-refractivity contribution in [2.45, 2.75) is 49.2 Å². The van der Waals surface area contributed by atoms with Crippen molar-refractivity contribution in [3.63, 3.8) is 0 Å². The molecule has 0 radical (unpaired) electrons. The van der Waals surface area contributed by atoms with E-state index in [1.54, 1.807) is 0 Å². The molecular formula is C15H20F3NOS. The highest BCUT2D eigenvalue weighted by atomic mass is 32.2. The van der Waals surface area contributed by atoms with E-state index in [1.165, 1.54) is 18.6 Å². The minimum absolute atomic E-state index is 0.205. The molecule has 0 amide bonds. The number of halogens is 3. The van der Waals surface area contributed by atoms with E-state index in [0.29, 0.717) is 5.92 Å². The number of hydrogen-bond donors (Lipinski definition) is 1. The Balaban J connectivity index is 2.02. The first-order valence-electron chi connectivity index (χ1n) is 7.19. The van der Waals surface area contributed by atoms with Crippen molar-refractivity contribution in [2.24, 2.45) is 11.7 Å². The third kappa shape index (κ3) is 4.54. The van der Waals surface area contributed by atoms with Crippen molar-refractivity contribution in [1.29, 1.82) is 0 Å². The van der Waals surface area contributed by atoms with Gasteiger partial charge in [-0.2, -0.15) is 13.2 Å². The lowest BCUT2D eigenvalue weighted by Crippen LogP contribution is -2.36. The Morgan fingerprint density at radius 2 is 1.90 bits per heavy atom. The number of rotatable bonds is 4. The van der Waals surface area contributed by atoms with Crippen LogP contribution >= 0.6 is 0 Å². The Bertz CT molecular complexity index is 498. The maximum atomic E-state index is 12.7. The highest BCUT2D eigenvalue weighted by Gasteiger charge is 2.31. The molecule has 0 aliphatic heterocycles. The van der Waals surface area contributed by atoms with Crippen molar-refractivity contribution >= 4 is 10.8 Å². The maximum absolute atomic E-state index is 12.7. The number of alkyl halides is 3. The summed E-state index contributed by atoms with van der Waals surface area (Å²) >= 11 is 0. The molecule has 1 aromatic rings. The zero-order valence-corrected chi connectivity index (χ0v) is 12.6. The molecule has 0 spiro atoms. The Hall–Kier alpha value is -0.880. The van der Waals surface area contributed by atoms with Crippen molar-refractivity contribution in [2.75, 3.05) is 5.75 Å². The summed E-state index contributed by atoms with van der Waals surface area (Å²) in [5.74, 6) is 0.569. The van der Waals surface area contributed by atoms with Crippen molar-refractivity contribution in [1.82, 2.24) is 0 Å². The maximum Gasteiger partial charge on any atom is 0.416 e. The van der Waals surface area contributed by atoms with Gasteiger partial charge in [0.05, 0.1) is 16.4 Å². The average molecular weight is 319 g/mol. The Kier molecular flexibility index (Phi) is 5.43. The topological polar surface area (TPSA) is 43.1 Å². The number of hydrogen-bond acceptors (Lipinski definition) is 2. The molecule has 1 fully saturated rings. The van der Waals surface area contributed by atoms with Gasteiger partial charge in [0.25, 0.3) is 0 Å². The van der Waals surface area contributed by atoms with Crippen LogP contribution in [0.5, 0.6) is 0 Å². The molecule has 0 bridgehead atoms. The Morgan fingerprint density at radius 3 is 2.52 bits per heavy atom. The molecule has 2 unspecified atom stereocenters. The summed E-state index contributed by atoms with van der Waals surface area (Å²) < 4.78 is 50.2. The van der Waals surface area contributed by atoms with Crippen LogP contribution in [0.3, 0.4) is 0 Å². The van der Waals surface area contributed by atoms with Gasteiger partial charge in [0.15, 0.2) is 0 Å². The second-order valence-corrected chi connectivity index (χ2v) is 7.10. The molecule has 1 aromatic carbocycles. The molecular weight excluding hydrogens is 299 g/mol. The second-order valence-electron chi connectivity index (χ2n) is 5.60. The van der Waals surface area contributed by atoms with Gasteiger partial charge in [0.1, 0.15) is 0 Å². The van der Waals surface area contributed by atoms with E-state index < -0.39 is 22.5 Å². The Morgan fingerprint density at radius 1 is 1.24 bits per heavy atom. The summed E-state index contributed by atoms with van der Waals surface area (Å²) in [5, 5.41) is 0. The standard InChI is InChI=1S/C15H20F3NOS/c16-15(17,18)12-7-4-8-13(9-12)21(20)10-14(19)11-5-2-1-3-6-11/h4,7-9,11,14H,1-3,5-6,10,19H2. The lowest BCUT2D eigenvalue weighted by atomic mass is 9.85. The van der Waals surface area contributed by atoms with Gasteiger partial charge in [-0.05, 0) is 37.0 Å². The SMILES string of the molecule is NC(CS(=O)c1cccc(C(F)(F)F)c1)C1CCCCC1. The first kappa shape index (κ1) is 16.5. The van der Waals surface area contributed by atoms with E-state index in [4.69, 9.17) is 5.73 Å². The van der Waals surface area contributed by atoms with Gasteiger partial charge < -0.3 is 5.73 Å². The van der Waals surface area contributed by atoms with Crippen LogP contribution in [0.4, 0.5) is 13.2 Å². The van der Waals surface area contributed by atoms with E-state index in [2.05, 4.69) is 0 Å². The molecule has 21 heavy (non-hydrogen) atoms. The van der Waals surface area contributed by atoms with Crippen LogP contribution in [-0.4, -0.2) is 16.0 Å². The van der Waals surface area contributed by atoms with Crippen LogP contribution in [0.25, 0.3) is 0 Å². The molecule has 2 N–H and O–H groups in total. The zero-order chi connectivity index (χ0) is 15.5. The molecule has 6 heteroatoms. The van der Waals surface area contributed by atoms with E-state index in [1.807, 2.05) is 0 Å². The minimum atomic E-state index is -4.41. The smallest absolute Gasteiger partial charge is 0.327 e. The first-order valence-corrected chi connectivity index (χ1v) is 8.51. The molecule has 2 rings (SSSR count). The summed E-state index contributed by atoms with van der Waals surface area (Å²) in [6, 6.07) is 4.51. The zero-order valence-electron chi connectivity index (χ0n) is 11.7. The predicted molar refractivity (Wildman–Crippen MR) is 77.3 cm³/mol. The molecule has 118 valence electrons. The minimum Gasteiger partial charge on any atom is -0.327 e. The molecule has 0 saturated heterocycles. The summed E-state index contributed by atoms with van der Waals surface area (Å²) in [6.07, 6.45) is 1.12. The number of benzene rings is 1. The summed E-state index contributed by atoms with van der Waals surface area (Å²) in [6.45, 7) is 0. The fourth-order valence-corrected chi connectivity index (χ4v) is 4.09. The average Bonchev–Trinajstić information content (AvgIpc) is 2.47. The highest BCUT2D eigenvalue weighted by molar-refractivity contribution is 7.85. The lowest BCUT2D eigenvalue weighted by Gasteiger charge is -2.27. The predicted octanol–water partition coefficient (Wildman–Crippen LogP) is 3.72. The van der Waals surface area contributed by atoms with E-state index in [9.17, 15) is 17.4 Å². The molecule has 1 aliphatic rings. The molecule has 0 heterocycles. The fraction of sp³-hybridized carbons (Fsp3) is 0.600. The van der Waals surface area contributed by atoms with Gasteiger partial charge in [-0.25, -0.2) is 0 Å². The molecule has 1 saturated carbocycles. The molecule has 2 nitrogen and oxygen atoms in total. The van der Waals surface area contributed by atoms with Crippen molar-refractivity contribution < 1.29 is 17.4 Å². The van der Waals surface area contributed by atoms with Crippen molar-refractivity contribution in [3.05, 3.63) is 29.8 Å². The van der Waals surface area contributed by atoms with Gasteiger partial charge >= 0.3 is 6.18 Å². The molecule has 2 atom stereocenters. The second kappa shape index (κ2) is 6.92. The van der Waals surface area contributed by atoms with E-state index in [0.717, 1.165) is 37.8 Å². The van der Waals surface area contributed by atoms with Gasteiger partial charge in [0.2, 0.25) is 0 Å². The van der Waals surface area contributed by atoms with Crippen LogP contribution in [0.2, 0.25) is 0 Å². The third-order valence-corrected chi connectivity index (χ3v) is 5.49. The normalized spacial score (nSPS) is 20.2. The van der Waals surface area contributed by atoms with Gasteiger partial charge in [-0.3, -0.25) is 4.21 Å². The molecule has 1 aliphatic carbocycles. The monoisotopic (exact) mass is 319 g/mol. The summed E-state index contributed by atoms with van der Waals surface area (Å²) in [4.78, 5) is 0.205. The Labute approximate surface area is 125 Å². The number of nitrogens with two attached hydrogens (primary N) is 1. The largest absolute Gasteiger partial charge is 0.416 e. The summed E-state index contributed by atoms with van der Waals surface area (Å²) in [7, 11) is -1.49. The van der Waals surface area contributed by atoms with Crippen molar-refractivity contribution in [3.8, 4) is 0 Å². The summed E-state index contributed by atoms with van der Waals surface area (Å²) in [5.41, 5.74) is 5.33. The van der Waals surface area contributed by atoms with Gasteiger partial charge in [-0.15, -0.1) is 0 Å². The quantitative estimate of drug-likeness (QED) is 0.919.